The van der Waals surface area contributed by atoms with Crippen LogP contribution < -0.4 is 0 Å². The van der Waals surface area contributed by atoms with Crippen LogP contribution in [-0.2, 0) is 18.9 Å². The van der Waals surface area contributed by atoms with E-state index in [0.717, 1.165) is 0 Å². The molecule has 7 N–H and O–H groups in total. The third-order valence-electron chi connectivity index (χ3n) is 5.10. The van der Waals surface area contributed by atoms with Gasteiger partial charge in [-0.05, 0) is 11.8 Å². The summed E-state index contributed by atoms with van der Waals surface area (Å²) in [6, 6.07) is 0. The standard InChI is InChI=1S/C18H34O11/c1-18(2,3)4-5-26-17-15(13(24)11(22)9(7-20)28-17)29-16-14(25)12(23)10(21)8(6-19)27-16/h8-17,19-25H,4-7H2,1-3H3/t8-,9-,10-,11-,12+,13+,14+,15+,16-,17+/m1/s1. The van der Waals surface area contributed by atoms with Crippen molar-refractivity contribution < 1.29 is 54.7 Å². The monoisotopic (exact) mass is 426 g/mol. The molecule has 2 saturated heterocycles. The third kappa shape index (κ3) is 6.05. The topological polar surface area (TPSA) is 179 Å². The zero-order chi connectivity index (χ0) is 21.9. The first kappa shape index (κ1) is 24.8. The molecule has 0 aliphatic carbocycles. The fourth-order valence-electron chi connectivity index (χ4n) is 3.15. The summed E-state index contributed by atoms with van der Waals surface area (Å²) >= 11 is 0. The van der Waals surface area contributed by atoms with Crippen LogP contribution in [0.3, 0.4) is 0 Å². The summed E-state index contributed by atoms with van der Waals surface area (Å²) in [5.74, 6) is 0. The molecule has 2 rings (SSSR count). The Balaban J connectivity index is 2.13. The van der Waals surface area contributed by atoms with Crippen LogP contribution in [0, 0.1) is 5.41 Å². The molecule has 0 saturated carbocycles. The van der Waals surface area contributed by atoms with E-state index in [9.17, 15) is 35.7 Å². The molecule has 0 spiro atoms. The molecule has 0 aromatic heterocycles. The lowest BCUT2D eigenvalue weighted by molar-refractivity contribution is -0.367. The molecule has 11 heteroatoms. The van der Waals surface area contributed by atoms with Crippen molar-refractivity contribution in [3.05, 3.63) is 0 Å². The van der Waals surface area contributed by atoms with Gasteiger partial charge in [0.2, 0.25) is 0 Å². The van der Waals surface area contributed by atoms with Crippen LogP contribution in [0.25, 0.3) is 0 Å². The summed E-state index contributed by atoms with van der Waals surface area (Å²) in [5, 5.41) is 69.3. The Morgan fingerprint density at radius 1 is 0.724 bits per heavy atom. The van der Waals surface area contributed by atoms with Crippen molar-refractivity contribution in [2.45, 2.75) is 88.6 Å². The van der Waals surface area contributed by atoms with E-state index >= 15 is 0 Å². The highest BCUT2D eigenvalue weighted by Gasteiger charge is 2.50. The van der Waals surface area contributed by atoms with Gasteiger partial charge >= 0.3 is 0 Å². The first-order chi connectivity index (χ1) is 13.5. The van der Waals surface area contributed by atoms with Gasteiger partial charge in [0.1, 0.15) is 48.8 Å². The lowest BCUT2D eigenvalue weighted by atomic mass is 9.93. The maximum absolute atomic E-state index is 10.5. The van der Waals surface area contributed by atoms with Gasteiger partial charge in [0.25, 0.3) is 0 Å². The summed E-state index contributed by atoms with van der Waals surface area (Å²) in [6.07, 6.45) is -13.7. The Hall–Kier alpha value is -0.440. The highest BCUT2D eigenvalue weighted by molar-refractivity contribution is 4.93. The van der Waals surface area contributed by atoms with Gasteiger partial charge in [-0.2, -0.15) is 0 Å². The SMILES string of the molecule is CC(C)(C)CCO[C@H]1O[C@H](CO)[C@@H](O)[C@H](O)[C@@H]1O[C@H]1O[C@H](CO)[C@@H](O)[C@H](O)[C@@H]1O. The second-order valence-electron chi connectivity index (χ2n) is 8.69. The van der Waals surface area contributed by atoms with Gasteiger partial charge in [-0.25, -0.2) is 0 Å². The van der Waals surface area contributed by atoms with Gasteiger partial charge in [0.15, 0.2) is 12.6 Å². The lowest BCUT2D eigenvalue weighted by Crippen LogP contribution is -2.64. The number of aliphatic hydroxyl groups is 7. The number of rotatable bonds is 7. The summed E-state index contributed by atoms with van der Waals surface area (Å²) in [4.78, 5) is 0. The van der Waals surface area contributed by atoms with E-state index in [1.54, 1.807) is 0 Å². The van der Waals surface area contributed by atoms with Crippen LogP contribution in [0.1, 0.15) is 27.2 Å². The predicted octanol–water partition coefficient (Wildman–Crippen LogP) is -2.94. The van der Waals surface area contributed by atoms with Crippen molar-refractivity contribution in [3.8, 4) is 0 Å². The van der Waals surface area contributed by atoms with E-state index in [1.165, 1.54) is 0 Å². The van der Waals surface area contributed by atoms with E-state index < -0.39 is 74.6 Å². The summed E-state index contributed by atoms with van der Waals surface area (Å²) in [6.45, 7) is 5.04. The van der Waals surface area contributed by atoms with Gasteiger partial charge in [-0.3, -0.25) is 0 Å². The summed E-state index contributed by atoms with van der Waals surface area (Å²) < 4.78 is 22.1. The van der Waals surface area contributed by atoms with Gasteiger partial charge in [-0.15, -0.1) is 0 Å². The lowest BCUT2D eigenvalue weighted by Gasteiger charge is -2.46. The minimum absolute atomic E-state index is 0.0448. The number of hydrogen-bond donors (Lipinski definition) is 7. The molecule has 0 amide bonds. The Morgan fingerprint density at radius 3 is 1.76 bits per heavy atom. The summed E-state index contributed by atoms with van der Waals surface area (Å²) in [5.41, 5.74) is -0.0448. The number of ether oxygens (including phenoxy) is 4. The minimum Gasteiger partial charge on any atom is -0.394 e. The highest BCUT2D eigenvalue weighted by Crippen LogP contribution is 2.30. The van der Waals surface area contributed by atoms with Gasteiger partial charge < -0.3 is 54.7 Å². The van der Waals surface area contributed by atoms with E-state index in [-0.39, 0.29) is 12.0 Å². The highest BCUT2D eigenvalue weighted by atomic mass is 16.8. The van der Waals surface area contributed by atoms with Gasteiger partial charge in [0.05, 0.1) is 19.8 Å². The maximum Gasteiger partial charge on any atom is 0.187 e. The minimum atomic E-state index is -1.69. The molecule has 2 fully saturated rings. The van der Waals surface area contributed by atoms with Crippen molar-refractivity contribution in [3.63, 3.8) is 0 Å². The Kier molecular flexibility index (Phi) is 8.77. The molecule has 172 valence electrons. The maximum atomic E-state index is 10.5. The smallest absolute Gasteiger partial charge is 0.187 e. The molecule has 0 aromatic carbocycles. The normalized spacial score (nSPS) is 44.1. The summed E-state index contributed by atoms with van der Waals surface area (Å²) in [7, 11) is 0. The Labute approximate surface area is 169 Å². The van der Waals surface area contributed by atoms with Crippen LogP contribution >= 0.6 is 0 Å². The molecule has 2 aliphatic heterocycles. The number of aliphatic hydroxyl groups excluding tert-OH is 7. The molecule has 0 radical (unpaired) electrons. The zero-order valence-corrected chi connectivity index (χ0v) is 16.9. The van der Waals surface area contributed by atoms with E-state index in [2.05, 4.69) is 0 Å². The van der Waals surface area contributed by atoms with Crippen molar-refractivity contribution in [1.29, 1.82) is 0 Å². The first-order valence-electron chi connectivity index (χ1n) is 9.70. The van der Waals surface area contributed by atoms with Crippen LogP contribution in [0.2, 0.25) is 0 Å². The molecule has 2 aliphatic rings. The molecule has 11 nitrogen and oxygen atoms in total. The first-order valence-corrected chi connectivity index (χ1v) is 9.70. The van der Waals surface area contributed by atoms with Crippen LogP contribution in [0.15, 0.2) is 0 Å². The van der Waals surface area contributed by atoms with Crippen molar-refractivity contribution >= 4 is 0 Å². The zero-order valence-electron chi connectivity index (χ0n) is 16.9. The van der Waals surface area contributed by atoms with Crippen LogP contribution in [0.5, 0.6) is 0 Å². The van der Waals surface area contributed by atoms with Crippen molar-refractivity contribution in [2.24, 2.45) is 5.41 Å². The van der Waals surface area contributed by atoms with Gasteiger partial charge in [0, 0.05) is 0 Å². The van der Waals surface area contributed by atoms with E-state index in [4.69, 9.17) is 18.9 Å². The Bertz CT molecular complexity index is 497. The van der Waals surface area contributed by atoms with Crippen molar-refractivity contribution in [1.82, 2.24) is 0 Å². The molecular weight excluding hydrogens is 392 g/mol. The van der Waals surface area contributed by atoms with Crippen molar-refractivity contribution in [2.75, 3.05) is 19.8 Å². The quantitative estimate of drug-likeness (QED) is 0.221. The third-order valence-corrected chi connectivity index (χ3v) is 5.10. The molecule has 0 bridgehead atoms. The largest absolute Gasteiger partial charge is 0.394 e. The fourth-order valence-corrected chi connectivity index (χ4v) is 3.15. The predicted molar refractivity (Wildman–Crippen MR) is 96.4 cm³/mol. The molecule has 2 heterocycles. The van der Waals surface area contributed by atoms with Crippen LogP contribution in [-0.4, -0.2) is 117 Å². The average Bonchev–Trinajstić information content (AvgIpc) is 2.66. The average molecular weight is 426 g/mol. The number of hydrogen-bond acceptors (Lipinski definition) is 11. The second kappa shape index (κ2) is 10.2. The second-order valence-corrected chi connectivity index (χ2v) is 8.69. The van der Waals surface area contributed by atoms with Crippen LogP contribution in [0.4, 0.5) is 0 Å². The molecular formula is C18H34O11. The molecule has 0 aromatic rings. The van der Waals surface area contributed by atoms with E-state index in [0.29, 0.717) is 6.42 Å². The Morgan fingerprint density at radius 2 is 1.24 bits per heavy atom. The fraction of sp³-hybridized carbons (Fsp3) is 1.00. The van der Waals surface area contributed by atoms with E-state index in [1.807, 2.05) is 20.8 Å². The molecule has 29 heavy (non-hydrogen) atoms. The molecule has 10 atom stereocenters. The van der Waals surface area contributed by atoms with Gasteiger partial charge in [-0.1, -0.05) is 20.8 Å². The molecule has 0 unspecified atom stereocenters.